The standard InChI is InChI=1S/C11H14ClN5O2/c1-19-11-3-2-8(17-7-14-15-16-17)4-10(11)13-6-9(18)5-12/h2-4,7,9,13,18H,5-6H2,1H3. The summed E-state index contributed by atoms with van der Waals surface area (Å²) in [4.78, 5) is 0. The lowest BCUT2D eigenvalue weighted by Gasteiger charge is -2.14. The van der Waals surface area contributed by atoms with E-state index in [1.165, 1.54) is 11.0 Å². The van der Waals surface area contributed by atoms with Crippen LogP contribution in [0.5, 0.6) is 5.75 Å². The quantitative estimate of drug-likeness (QED) is 0.759. The minimum absolute atomic E-state index is 0.169. The molecule has 1 atom stereocenters. The summed E-state index contributed by atoms with van der Waals surface area (Å²) in [5.74, 6) is 0.834. The fourth-order valence-corrected chi connectivity index (χ4v) is 1.65. The molecule has 0 saturated heterocycles. The Morgan fingerprint density at radius 1 is 1.53 bits per heavy atom. The Morgan fingerprint density at radius 2 is 2.37 bits per heavy atom. The third kappa shape index (κ3) is 3.33. The number of nitrogens with one attached hydrogen (secondary N) is 1. The summed E-state index contributed by atoms with van der Waals surface area (Å²) in [6.07, 6.45) is 0.877. The summed E-state index contributed by atoms with van der Waals surface area (Å²) in [6.45, 7) is 0.332. The van der Waals surface area contributed by atoms with Crippen LogP contribution in [0.2, 0.25) is 0 Å². The summed E-state index contributed by atoms with van der Waals surface area (Å²) in [6, 6.07) is 5.46. The number of methoxy groups -OCH3 is 1. The van der Waals surface area contributed by atoms with Crippen molar-refractivity contribution in [3.05, 3.63) is 24.5 Å². The SMILES string of the molecule is COc1ccc(-n2cnnn2)cc1NCC(O)CCl. The molecular formula is C11H14ClN5O2. The first-order valence-corrected chi connectivity index (χ1v) is 6.17. The zero-order chi connectivity index (χ0) is 13.7. The molecule has 0 spiro atoms. The molecule has 1 aromatic heterocycles. The number of hydrogen-bond donors (Lipinski definition) is 2. The van der Waals surface area contributed by atoms with Crippen LogP contribution in [-0.4, -0.2) is 51.0 Å². The van der Waals surface area contributed by atoms with E-state index < -0.39 is 6.10 Å². The number of aromatic nitrogens is 4. The van der Waals surface area contributed by atoms with Gasteiger partial charge in [-0.25, -0.2) is 4.68 Å². The van der Waals surface area contributed by atoms with Gasteiger partial charge in [-0.1, -0.05) is 0 Å². The Balaban J connectivity index is 2.21. The number of aliphatic hydroxyl groups is 1. The third-order valence-electron chi connectivity index (χ3n) is 2.50. The minimum atomic E-state index is -0.622. The molecule has 8 heteroatoms. The van der Waals surface area contributed by atoms with Crippen molar-refractivity contribution in [1.29, 1.82) is 0 Å². The lowest BCUT2D eigenvalue weighted by molar-refractivity contribution is 0.211. The van der Waals surface area contributed by atoms with Gasteiger partial charge in [0.1, 0.15) is 12.1 Å². The number of alkyl halides is 1. The average Bonchev–Trinajstić information content (AvgIpc) is 2.98. The van der Waals surface area contributed by atoms with E-state index >= 15 is 0 Å². The number of benzene rings is 1. The van der Waals surface area contributed by atoms with Crippen molar-refractivity contribution in [3.63, 3.8) is 0 Å². The zero-order valence-electron chi connectivity index (χ0n) is 10.3. The highest BCUT2D eigenvalue weighted by Crippen LogP contribution is 2.26. The maximum absolute atomic E-state index is 9.46. The molecule has 0 amide bonds. The van der Waals surface area contributed by atoms with Gasteiger partial charge in [-0.05, 0) is 28.6 Å². The number of aliphatic hydroxyl groups excluding tert-OH is 1. The van der Waals surface area contributed by atoms with E-state index in [0.717, 1.165) is 11.4 Å². The van der Waals surface area contributed by atoms with E-state index in [4.69, 9.17) is 16.3 Å². The zero-order valence-corrected chi connectivity index (χ0v) is 11.1. The summed E-state index contributed by atoms with van der Waals surface area (Å²) in [5, 5.41) is 23.5. The van der Waals surface area contributed by atoms with E-state index in [-0.39, 0.29) is 5.88 Å². The first-order valence-electron chi connectivity index (χ1n) is 5.64. The summed E-state index contributed by atoms with van der Waals surface area (Å²) >= 11 is 5.55. The second-order valence-electron chi connectivity index (χ2n) is 3.83. The number of halogens is 1. The van der Waals surface area contributed by atoms with Gasteiger partial charge >= 0.3 is 0 Å². The molecule has 0 bridgehead atoms. The lowest BCUT2D eigenvalue weighted by Crippen LogP contribution is -2.21. The van der Waals surface area contributed by atoms with Crippen LogP contribution in [0.15, 0.2) is 24.5 Å². The Morgan fingerprint density at radius 3 is 3.00 bits per heavy atom. The monoisotopic (exact) mass is 283 g/mol. The normalized spacial score (nSPS) is 12.2. The summed E-state index contributed by atoms with van der Waals surface area (Å²) < 4.78 is 6.78. The molecule has 0 radical (unpaired) electrons. The molecular weight excluding hydrogens is 270 g/mol. The minimum Gasteiger partial charge on any atom is -0.495 e. The van der Waals surface area contributed by atoms with E-state index in [0.29, 0.717) is 12.3 Å². The number of rotatable bonds is 6. The van der Waals surface area contributed by atoms with Gasteiger partial charge in [0, 0.05) is 6.54 Å². The molecule has 0 saturated carbocycles. The lowest BCUT2D eigenvalue weighted by atomic mass is 10.2. The fraction of sp³-hybridized carbons (Fsp3) is 0.364. The smallest absolute Gasteiger partial charge is 0.143 e. The van der Waals surface area contributed by atoms with E-state index in [1.807, 2.05) is 12.1 Å². The van der Waals surface area contributed by atoms with Gasteiger partial charge in [-0.15, -0.1) is 16.7 Å². The van der Waals surface area contributed by atoms with Crippen molar-refractivity contribution >= 4 is 17.3 Å². The van der Waals surface area contributed by atoms with Crippen LogP contribution in [0, 0.1) is 0 Å². The summed E-state index contributed by atoms with van der Waals surface area (Å²) in [5.41, 5.74) is 1.52. The molecule has 0 aliphatic rings. The van der Waals surface area contributed by atoms with Crippen LogP contribution in [0.25, 0.3) is 5.69 Å². The Labute approximate surface area is 115 Å². The molecule has 0 aliphatic heterocycles. The molecule has 2 N–H and O–H groups in total. The van der Waals surface area contributed by atoms with Gasteiger partial charge < -0.3 is 15.2 Å². The molecule has 2 aromatic rings. The topological polar surface area (TPSA) is 85.1 Å². The highest BCUT2D eigenvalue weighted by molar-refractivity contribution is 6.18. The van der Waals surface area contributed by atoms with Crippen LogP contribution in [0.4, 0.5) is 5.69 Å². The van der Waals surface area contributed by atoms with Crippen LogP contribution < -0.4 is 10.1 Å². The molecule has 1 heterocycles. The van der Waals surface area contributed by atoms with Gasteiger partial charge in [0.25, 0.3) is 0 Å². The largest absolute Gasteiger partial charge is 0.495 e. The van der Waals surface area contributed by atoms with Crippen LogP contribution in [0.3, 0.4) is 0 Å². The first kappa shape index (κ1) is 13.6. The van der Waals surface area contributed by atoms with E-state index in [9.17, 15) is 5.11 Å². The fourth-order valence-electron chi connectivity index (χ4n) is 1.54. The van der Waals surface area contributed by atoms with Crippen molar-refractivity contribution < 1.29 is 9.84 Å². The predicted molar refractivity (Wildman–Crippen MR) is 70.9 cm³/mol. The number of tetrazole rings is 1. The molecule has 19 heavy (non-hydrogen) atoms. The predicted octanol–water partition coefficient (Wildman–Crippen LogP) is 0.682. The molecule has 102 valence electrons. The van der Waals surface area contributed by atoms with Gasteiger partial charge in [-0.3, -0.25) is 0 Å². The molecule has 1 unspecified atom stereocenters. The van der Waals surface area contributed by atoms with Crippen LogP contribution in [-0.2, 0) is 0 Å². The Hall–Kier alpha value is -1.86. The van der Waals surface area contributed by atoms with Crippen molar-refractivity contribution in [2.45, 2.75) is 6.10 Å². The Bertz CT molecular complexity index is 520. The molecule has 0 aliphatic carbocycles. The maximum Gasteiger partial charge on any atom is 0.143 e. The molecule has 2 rings (SSSR count). The average molecular weight is 284 g/mol. The second kappa shape index (κ2) is 6.35. The van der Waals surface area contributed by atoms with Gasteiger partial charge in [-0.2, -0.15) is 0 Å². The van der Waals surface area contributed by atoms with Gasteiger partial charge in [0.2, 0.25) is 0 Å². The van der Waals surface area contributed by atoms with Crippen molar-refractivity contribution in [1.82, 2.24) is 20.2 Å². The maximum atomic E-state index is 9.46. The number of hydrogen-bond acceptors (Lipinski definition) is 6. The van der Waals surface area contributed by atoms with E-state index in [1.54, 1.807) is 13.2 Å². The number of nitrogens with zero attached hydrogens (tertiary/aromatic N) is 4. The van der Waals surface area contributed by atoms with Gasteiger partial charge in [0.15, 0.2) is 0 Å². The van der Waals surface area contributed by atoms with Crippen molar-refractivity contribution in [2.24, 2.45) is 0 Å². The second-order valence-corrected chi connectivity index (χ2v) is 4.14. The molecule has 0 fully saturated rings. The molecule has 7 nitrogen and oxygen atoms in total. The van der Waals surface area contributed by atoms with Gasteiger partial charge in [0.05, 0.1) is 30.5 Å². The number of ether oxygens (including phenoxy) is 1. The third-order valence-corrected chi connectivity index (χ3v) is 2.86. The van der Waals surface area contributed by atoms with Crippen LogP contribution >= 0.6 is 11.6 Å². The van der Waals surface area contributed by atoms with Crippen LogP contribution in [0.1, 0.15) is 0 Å². The molecule has 1 aromatic carbocycles. The summed E-state index contributed by atoms with van der Waals surface area (Å²) in [7, 11) is 1.58. The van der Waals surface area contributed by atoms with E-state index in [2.05, 4.69) is 20.8 Å². The number of anilines is 1. The Kier molecular flexibility index (Phi) is 4.53. The highest BCUT2D eigenvalue weighted by atomic mass is 35.5. The van der Waals surface area contributed by atoms with Crippen molar-refractivity contribution in [3.8, 4) is 11.4 Å². The van der Waals surface area contributed by atoms with Crippen molar-refractivity contribution in [2.75, 3.05) is 24.9 Å². The highest BCUT2D eigenvalue weighted by Gasteiger charge is 2.08. The first-order chi connectivity index (χ1) is 9.24.